The number of nitrogens with two attached hydrogens (primary N) is 1. The fourth-order valence-corrected chi connectivity index (χ4v) is 1.11. The molecule has 0 aliphatic heterocycles. The smallest absolute Gasteiger partial charge is 0.203 e. The number of aliphatic hydroxyl groups is 1. The molecule has 0 aliphatic rings. The van der Waals surface area contributed by atoms with E-state index in [1.807, 2.05) is 0 Å². The van der Waals surface area contributed by atoms with E-state index in [2.05, 4.69) is 15.3 Å². The third kappa shape index (κ3) is 3.25. The number of nitrogens with zero attached hydrogens (tertiary/aromatic N) is 2. The molecule has 6 nitrogen and oxygen atoms in total. The normalized spacial score (nSPS) is 12.2. The predicted octanol–water partition coefficient (Wildman–Crippen LogP) is 0.250. The number of nitrogens with one attached hydrogen (secondary N) is 1. The number of ether oxygens (including phenoxy) is 1. The molecule has 1 rings (SSSR count). The predicted molar refractivity (Wildman–Crippen MR) is 57.8 cm³/mol. The molecule has 1 atom stereocenters. The van der Waals surface area contributed by atoms with Crippen LogP contribution in [0.25, 0.3) is 0 Å². The molecule has 4 N–H and O–H groups in total. The van der Waals surface area contributed by atoms with Gasteiger partial charge in [-0.3, -0.25) is 0 Å². The molecule has 0 spiro atoms. The van der Waals surface area contributed by atoms with Crippen molar-refractivity contribution in [2.45, 2.75) is 19.4 Å². The zero-order chi connectivity index (χ0) is 11.3. The Kier molecular flexibility index (Phi) is 4.11. The Morgan fingerprint density at radius 1 is 1.60 bits per heavy atom. The van der Waals surface area contributed by atoms with Crippen molar-refractivity contribution in [1.29, 1.82) is 0 Å². The molecule has 84 valence electrons. The van der Waals surface area contributed by atoms with Crippen LogP contribution in [-0.4, -0.2) is 34.8 Å². The van der Waals surface area contributed by atoms with Crippen molar-refractivity contribution < 1.29 is 9.84 Å². The molecule has 1 unspecified atom stereocenters. The molecule has 1 aromatic heterocycles. The first-order valence-electron chi connectivity index (χ1n) is 4.71. The van der Waals surface area contributed by atoms with Gasteiger partial charge in [0, 0.05) is 6.54 Å². The molecule has 0 bridgehead atoms. The van der Waals surface area contributed by atoms with Crippen molar-refractivity contribution in [3.8, 4) is 5.75 Å². The highest BCUT2D eigenvalue weighted by Gasteiger charge is 2.08. The molecule has 1 aromatic rings. The average molecular weight is 212 g/mol. The summed E-state index contributed by atoms with van der Waals surface area (Å²) in [7, 11) is 1.51. The van der Waals surface area contributed by atoms with E-state index in [4.69, 9.17) is 15.6 Å². The van der Waals surface area contributed by atoms with E-state index in [-0.39, 0.29) is 6.10 Å². The molecule has 0 aliphatic carbocycles. The lowest BCUT2D eigenvalue weighted by Crippen LogP contribution is -2.12. The van der Waals surface area contributed by atoms with Crippen molar-refractivity contribution >= 4 is 11.6 Å². The van der Waals surface area contributed by atoms with Gasteiger partial charge in [0.15, 0.2) is 11.6 Å². The van der Waals surface area contributed by atoms with Gasteiger partial charge >= 0.3 is 0 Å². The maximum absolute atomic E-state index is 9.08. The van der Waals surface area contributed by atoms with Gasteiger partial charge in [0.1, 0.15) is 6.33 Å². The van der Waals surface area contributed by atoms with Crippen LogP contribution in [-0.2, 0) is 0 Å². The van der Waals surface area contributed by atoms with Crippen molar-refractivity contribution in [3.63, 3.8) is 0 Å². The first kappa shape index (κ1) is 11.5. The van der Waals surface area contributed by atoms with Gasteiger partial charge in [-0.2, -0.15) is 0 Å². The third-order valence-corrected chi connectivity index (χ3v) is 1.89. The van der Waals surface area contributed by atoms with Crippen LogP contribution >= 0.6 is 0 Å². The summed E-state index contributed by atoms with van der Waals surface area (Å²) in [5.41, 5.74) is 5.60. The largest absolute Gasteiger partial charge is 0.490 e. The van der Waals surface area contributed by atoms with Crippen LogP contribution in [0.2, 0.25) is 0 Å². The number of aromatic nitrogens is 2. The molecule has 15 heavy (non-hydrogen) atoms. The van der Waals surface area contributed by atoms with Crippen molar-refractivity contribution in [3.05, 3.63) is 6.33 Å². The fraction of sp³-hybridized carbons (Fsp3) is 0.556. The van der Waals surface area contributed by atoms with Crippen LogP contribution < -0.4 is 15.8 Å². The number of anilines is 2. The van der Waals surface area contributed by atoms with Crippen molar-refractivity contribution in [2.75, 3.05) is 24.7 Å². The van der Waals surface area contributed by atoms with Gasteiger partial charge in [0.2, 0.25) is 5.75 Å². The Hall–Kier alpha value is -1.56. The molecular weight excluding hydrogens is 196 g/mol. The minimum absolute atomic E-state index is 0.298. The lowest BCUT2D eigenvalue weighted by Gasteiger charge is -2.11. The quantitative estimate of drug-likeness (QED) is 0.647. The minimum atomic E-state index is -0.345. The van der Waals surface area contributed by atoms with Crippen LogP contribution in [0.1, 0.15) is 13.3 Å². The summed E-state index contributed by atoms with van der Waals surface area (Å²) < 4.78 is 5.06. The summed E-state index contributed by atoms with van der Waals surface area (Å²) in [6.45, 7) is 2.33. The van der Waals surface area contributed by atoms with Crippen molar-refractivity contribution in [1.82, 2.24) is 9.97 Å². The maximum Gasteiger partial charge on any atom is 0.203 e. The van der Waals surface area contributed by atoms with E-state index in [0.717, 1.165) is 0 Å². The van der Waals surface area contributed by atoms with Gasteiger partial charge in [-0.25, -0.2) is 9.97 Å². The standard InChI is InChI=1S/C9H16N4O2/c1-6(14)3-4-11-9-7(15-2)8(10)12-5-13-9/h5-6,14H,3-4H2,1-2H3,(H3,10,11,12,13). The van der Waals surface area contributed by atoms with E-state index >= 15 is 0 Å². The number of methoxy groups -OCH3 is 1. The van der Waals surface area contributed by atoms with Gasteiger partial charge in [-0.1, -0.05) is 0 Å². The second kappa shape index (κ2) is 5.35. The van der Waals surface area contributed by atoms with Gasteiger partial charge in [0.25, 0.3) is 0 Å². The summed E-state index contributed by atoms with van der Waals surface area (Å²) in [5.74, 6) is 1.28. The molecule has 0 aromatic carbocycles. The van der Waals surface area contributed by atoms with Crippen LogP contribution in [0.15, 0.2) is 6.33 Å². The first-order chi connectivity index (χ1) is 7.15. The molecular formula is C9H16N4O2. The van der Waals surface area contributed by atoms with E-state index in [1.54, 1.807) is 6.92 Å². The number of rotatable bonds is 5. The van der Waals surface area contributed by atoms with E-state index in [0.29, 0.717) is 30.4 Å². The molecule has 0 radical (unpaired) electrons. The highest BCUT2D eigenvalue weighted by atomic mass is 16.5. The summed E-state index contributed by atoms with van der Waals surface area (Å²) >= 11 is 0. The lowest BCUT2D eigenvalue weighted by atomic mass is 10.3. The highest BCUT2D eigenvalue weighted by molar-refractivity contribution is 5.61. The summed E-state index contributed by atoms with van der Waals surface area (Å²) in [5, 5.41) is 12.1. The van der Waals surface area contributed by atoms with Crippen molar-refractivity contribution in [2.24, 2.45) is 0 Å². The van der Waals surface area contributed by atoms with Crippen LogP contribution in [0.4, 0.5) is 11.6 Å². The van der Waals surface area contributed by atoms with Gasteiger partial charge < -0.3 is 20.9 Å². The SMILES string of the molecule is COc1c(N)ncnc1NCCC(C)O. The third-order valence-electron chi connectivity index (χ3n) is 1.89. The fourth-order valence-electron chi connectivity index (χ4n) is 1.11. The number of aliphatic hydroxyl groups excluding tert-OH is 1. The van der Waals surface area contributed by atoms with E-state index in [1.165, 1.54) is 13.4 Å². The van der Waals surface area contributed by atoms with E-state index in [9.17, 15) is 0 Å². The topological polar surface area (TPSA) is 93.3 Å². The molecule has 0 fully saturated rings. The van der Waals surface area contributed by atoms with Gasteiger partial charge in [0.05, 0.1) is 13.2 Å². The Labute approximate surface area is 88.5 Å². The number of hydrogen-bond donors (Lipinski definition) is 3. The Morgan fingerprint density at radius 3 is 2.93 bits per heavy atom. The minimum Gasteiger partial charge on any atom is -0.490 e. The van der Waals surface area contributed by atoms with Gasteiger partial charge in [-0.05, 0) is 13.3 Å². The molecule has 1 heterocycles. The highest BCUT2D eigenvalue weighted by Crippen LogP contribution is 2.25. The second-order valence-corrected chi connectivity index (χ2v) is 3.21. The molecule has 0 saturated carbocycles. The van der Waals surface area contributed by atoms with Crippen LogP contribution in [0, 0.1) is 0 Å². The first-order valence-corrected chi connectivity index (χ1v) is 4.71. The second-order valence-electron chi connectivity index (χ2n) is 3.21. The summed E-state index contributed by atoms with van der Waals surface area (Å²) in [6.07, 6.45) is 1.65. The Balaban J connectivity index is 2.64. The number of hydrogen-bond acceptors (Lipinski definition) is 6. The van der Waals surface area contributed by atoms with Crippen LogP contribution in [0.3, 0.4) is 0 Å². The van der Waals surface area contributed by atoms with Gasteiger partial charge in [-0.15, -0.1) is 0 Å². The molecule has 6 heteroatoms. The van der Waals surface area contributed by atoms with E-state index < -0.39 is 0 Å². The average Bonchev–Trinajstić information content (AvgIpc) is 2.17. The number of nitrogen functional groups attached to an aromatic ring is 1. The summed E-state index contributed by atoms with van der Waals surface area (Å²) in [6, 6.07) is 0. The van der Waals surface area contributed by atoms with Crippen LogP contribution in [0.5, 0.6) is 5.75 Å². The Bertz CT molecular complexity index is 317. The maximum atomic E-state index is 9.08. The summed E-state index contributed by atoms with van der Waals surface area (Å²) in [4.78, 5) is 7.80. The molecule has 0 saturated heterocycles. The lowest BCUT2D eigenvalue weighted by molar-refractivity contribution is 0.188. The zero-order valence-electron chi connectivity index (χ0n) is 8.90. The monoisotopic (exact) mass is 212 g/mol. The Morgan fingerprint density at radius 2 is 2.33 bits per heavy atom. The molecule has 0 amide bonds. The zero-order valence-corrected chi connectivity index (χ0v) is 8.90.